The lowest BCUT2D eigenvalue weighted by Gasteiger charge is -2.21. The van der Waals surface area contributed by atoms with Gasteiger partial charge in [-0.2, -0.15) is 0 Å². The summed E-state index contributed by atoms with van der Waals surface area (Å²) in [6.07, 6.45) is 3.87. The van der Waals surface area contributed by atoms with Crippen LogP contribution in [0.4, 0.5) is 0 Å². The summed E-state index contributed by atoms with van der Waals surface area (Å²) in [6.45, 7) is 2.30. The van der Waals surface area contributed by atoms with Crippen molar-refractivity contribution in [2.45, 2.75) is 37.8 Å². The van der Waals surface area contributed by atoms with Gasteiger partial charge in [0.1, 0.15) is 5.75 Å². The number of phenols is 1. The van der Waals surface area contributed by atoms with E-state index in [2.05, 4.69) is 10.2 Å². The predicted octanol–water partition coefficient (Wildman–Crippen LogP) is 1.29. The number of nitrogens with one attached hydrogen (secondary N) is 1. The number of carbonyl (C=O) groups excluding carboxylic acids is 1. The van der Waals surface area contributed by atoms with Crippen LogP contribution in [0, 0.1) is 0 Å². The molecule has 1 aromatic carbocycles. The van der Waals surface area contributed by atoms with E-state index < -0.39 is 0 Å². The molecule has 0 bridgehead atoms. The molecule has 0 saturated carbocycles. The van der Waals surface area contributed by atoms with Crippen LogP contribution in [0.3, 0.4) is 0 Å². The highest BCUT2D eigenvalue weighted by Gasteiger charge is 2.37. The summed E-state index contributed by atoms with van der Waals surface area (Å²) in [5.74, 6) is 0.275. The summed E-state index contributed by atoms with van der Waals surface area (Å²) in [5, 5.41) is 12.6. The Morgan fingerprint density at radius 2 is 2.26 bits per heavy atom. The fraction of sp³-hybridized carbons (Fsp3) is 0.533. The van der Waals surface area contributed by atoms with Crippen molar-refractivity contribution in [1.82, 2.24) is 10.2 Å². The number of phenolic OH excluding ortho intramolecular Hbond substituents is 1. The summed E-state index contributed by atoms with van der Waals surface area (Å²) in [6, 6.07) is 7.77. The van der Waals surface area contributed by atoms with E-state index in [1.165, 1.54) is 19.4 Å². The Labute approximate surface area is 113 Å². The van der Waals surface area contributed by atoms with E-state index in [1.54, 1.807) is 18.2 Å². The lowest BCUT2D eigenvalue weighted by Crippen LogP contribution is -2.42. The zero-order valence-corrected chi connectivity index (χ0v) is 11.0. The first-order valence-corrected chi connectivity index (χ1v) is 7.04. The molecule has 1 aromatic rings. The second-order valence-electron chi connectivity index (χ2n) is 5.55. The fourth-order valence-electron chi connectivity index (χ4n) is 3.36. The first kappa shape index (κ1) is 12.5. The van der Waals surface area contributed by atoms with Crippen molar-refractivity contribution >= 4 is 5.91 Å². The second-order valence-corrected chi connectivity index (χ2v) is 5.55. The van der Waals surface area contributed by atoms with Gasteiger partial charge in [-0.3, -0.25) is 9.69 Å². The van der Waals surface area contributed by atoms with Gasteiger partial charge in [0.15, 0.2) is 0 Å². The molecule has 2 aliphatic rings. The molecule has 2 unspecified atom stereocenters. The molecule has 2 aliphatic heterocycles. The fourth-order valence-corrected chi connectivity index (χ4v) is 3.36. The van der Waals surface area contributed by atoms with E-state index in [0.717, 1.165) is 18.5 Å². The minimum absolute atomic E-state index is 0.0596. The van der Waals surface area contributed by atoms with Gasteiger partial charge in [-0.1, -0.05) is 12.1 Å². The summed E-state index contributed by atoms with van der Waals surface area (Å²) in [7, 11) is 0. The summed E-state index contributed by atoms with van der Waals surface area (Å²) < 4.78 is 0. The third-order valence-corrected chi connectivity index (χ3v) is 4.23. The largest absolute Gasteiger partial charge is 0.508 e. The van der Waals surface area contributed by atoms with E-state index in [1.807, 2.05) is 6.07 Å². The van der Waals surface area contributed by atoms with E-state index in [9.17, 15) is 9.90 Å². The first-order chi connectivity index (χ1) is 9.22. The van der Waals surface area contributed by atoms with E-state index >= 15 is 0 Å². The predicted molar refractivity (Wildman–Crippen MR) is 73.0 cm³/mol. The zero-order valence-electron chi connectivity index (χ0n) is 11.0. The van der Waals surface area contributed by atoms with Gasteiger partial charge in [0.05, 0.1) is 6.42 Å². The first-order valence-electron chi connectivity index (χ1n) is 7.04. The molecule has 102 valence electrons. The van der Waals surface area contributed by atoms with E-state index in [0.29, 0.717) is 18.5 Å². The summed E-state index contributed by atoms with van der Waals surface area (Å²) in [4.78, 5) is 14.5. The third kappa shape index (κ3) is 2.73. The Morgan fingerprint density at radius 3 is 3.11 bits per heavy atom. The van der Waals surface area contributed by atoms with Gasteiger partial charge >= 0.3 is 0 Å². The summed E-state index contributed by atoms with van der Waals surface area (Å²) >= 11 is 0. The van der Waals surface area contributed by atoms with Crippen LogP contribution < -0.4 is 5.32 Å². The van der Waals surface area contributed by atoms with Gasteiger partial charge in [-0.15, -0.1) is 0 Å². The summed E-state index contributed by atoms with van der Waals surface area (Å²) in [5.41, 5.74) is 0.860. The lowest BCUT2D eigenvalue weighted by molar-refractivity contribution is -0.121. The zero-order chi connectivity index (χ0) is 13.2. The van der Waals surface area contributed by atoms with Crippen LogP contribution in [-0.2, 0) is 11.2 Å². The molecule has 0 radical (unpaired) electrons. The van der Waals surface area contributed by atoms with Crippen molar-refractivity contribution in [1.29, 1.82) is 0 Å². The number of benzene rings is 1. The quantitative estimate of drug-likeness (QED) is 0.861. The highest BCUT2D eigenvalue weighted by atomic mass is 16.3. The van der Waals surface area contributed by atoms with Crippen molar-refractivity contribution < 1.29 is 9.90 Å². The van der Waals surface area contributed by atoms with Crippen LogP contribution >= 0.6 is 0 Å². The van der Waals surface area contributed by atoms with Gasteiger partial charge in [0, 0.05) is 18.6 Å². The maximum Gasteiger partial charge on any atom is 0.224 e. The van der Waals surface area contributed by atoms with Gasteiger partial charge in [-0.25, -0.2) is 0 Å². The van der Waals surface area contributed by atoms with Crippen LogP contribution in [0.2, 0.25) is 0 Å². The molecule has 4 nitrogen and oxygen atoms in total. The van der Waals surface area contributed by atoms with Crippen LogP contribution in [0.5, 0.6) is 5.75 Å². The number of fused-ring (bicyclic) bond motifs is 1. The molecule has 0 aliphatic carbocycles. The van der Waals surface area contributed by atoms with Crippen molar-refractivity contribution in [2.75, 3.05) is 13.1 Å². The smallest absolute Gasteiger partial charge is 0.224 e. The number of amides is 1. The molecule has 2 N–H and O–H groups in total. The molecular formula is C15H20N2O2. The molecule has 0 aromatic heterocycles. The van der Waals surface area contributed by atoms with Crippen molar-refractivity contribution in [3.63, 3.8) is 0 Å². The number of aromatic hydroxyl groups is 1. The molecule has 4 heteroatoms. The maximum atomic E-state index is 12.1. The standard InChI is InChI=1S/C15H20N2O2/c18-12-4-1-3-11(9-12)10-15(19)16-13-6-8-17-7-2-5-14(13)17/h1,3-4,9,13-14,18H,2,5-8,10H2,(H,16,19). The Bertz CT molecular complexity index is 475. The van der Waals surface area contributed by atoms with Crippen molar-refractivity contribution in [3.05, 3.63) is 29.8 Å². The number of rotatable bonds is 3. The van der Waals surface area contributed by atoms with Gasteiger partial charge < -0.3 is 10.4 Å². The SMILES string of the molecule is O=C(Cc1cccc(O)c1)NC1CCN2CCCC12. The molecule has 2 fully saturated rings. The van der Waals surface area contributed by atoms with Crippen molar-refractivity contribution in [3.8, 4) is 5.75 Å². The van der Waals surface area contributed by atoms with Crippen LogP contribution in [0.25, 0.3) is 0 Å². The monoisotopic (exact) mass is 260 g/mol. The number of nitrogens with zero attached hydrogens (tertiary/aromatic N) is 1. The van der Waals surface area contributed by atoms with Crippen LogP contribution in [0.15, 0.2) is 24.3 Å². The normalized spacial score (nSPS) is 26.3. The van der Waals surface area contributed by atoms with E-state index in [4.69, 9.17) is 0 Å². The molecule has 1 amide bonds. The number of hydrogen-bond acceptors (Lipinski definition) is 3. The molecule has 19 heavy (non-hydrogen) atoms. The lowest BCUT2D eigenvalue weighted by atomic mass is 10.1. The van der Waals surface area contributed by atoms with Gasteiger partial charge in [0.2, 0.25) is 5.91 Å². The molecule has 2 heterocycles. The Balaban J connectivity index is 1.57. The minimum Gasteiger partial charge on any atom is -0.508 e. The van der Waals surface area contributed by atoms with E-state index in [-0.39, 0.29) is 11.7 Å². The highest BCUT2D eigenvalue weighted by molar-refractivity contribution is 5.79. The molecule has 3 rings (SSSR count). The van der Waals surface area contributed by atoms with Gasteiger partial charge in [0.25, 0.3) is 0 Å². The average molecular weight is 260 g/mol. The highest BCUT2D eigenvalue weighted by Crippen LogP contribution is 2.27. The molecule has 0 spiro atoms. The van der Waals surface area contributed by atoms with Crippen LogP contribution in [0.1, 0.15) is 24.8 Å². The van der Waals surface area contributed by atoms with Crippen molar-refractivity contribution in [2.24, 2.45) is 0 Å². The number of hydrogen-bond donors (Lipinski definition) is 2. The Kier molecular flexibility index (Phi) is 3.42. The Morgan fingerprint density at radius 1 is 1.37 bits per heavy atom. The molecule has 2 atom stereocenters. The molecule has 2 saturated heterocycles. The topological polar surface area (TPSA) is 52.6 Å². The second kappa shape index (κ2) is 5.21. The Hall–Kier alpha value is -1.55. The van der Waals surface area contributed by atoms with Gasteiger partial charge in [-0.05, 0) is 43.5 Å². The molecular weight excluding hydrogens is 240 g/mol. The minimum atomic E-state index is 0.0596. The average Bonchev–Trinajstić information content (AvgIpc) is 2.94. The van der Waals surface area contributed by atoms with Crippen LogP contribution in [-0.4, -0.2) is 41.1 Å². The maximum absolute atomic E-state index is 12.1. The number of carbonyl (C=O) groups is 1. The third-order valence-electron chi connectivity index (χ3n) is 4.23.